The first-order chi connectivity index (χ1) is 10.1. The van der Waals surface area contributed by atoms with Crippen LogP contribution in [0.1, 0.15) is 58.8 Å². The highest BCUT2D eigenvalue weighted by molar-refractivity contribution is 5.32. The van der Waals surface area contributed by atoms with Crippen molar-refractivity contribution in [1.82, 2.24) is 4.90 Å². The molecule has 4 nitrogen and oxygen atoms in total. The van der Waals surface area contributed by atoms with Gasteiger partial charge in [-0.2, -0.15) is 0 Å². The lowest BCUT2D eigenvalue weighted by molar-refractivity contribution is -0.122. The molecule has 2 rings (SSSR count). The molecular formula is C17H31NO3. The second kappa shape index (κ2) is 9.21. The summed E-state index contributed by atoms with van der Waals surface area (Å²) in [6.45, 7) is 7.72. The Kier molecular flexibility index (Phi) is 7.97. The van der Waals surface area contributed by atoms with Gasteiger partial charge < -0.3 is 15.1 Å². The standard InChI is InChI=1S/C16H29NO.CH2O2/c1-3-14(2)7-5-11-17-12-6-10-16(13-17)9-4-8-15(16)18;2-1-3/h7,15,18H,3-6,8-13H2,1-2H3;1H,(H,2,3)/t15-,16-;/m1./s1. The summed E-state index contributed by atoms with van der Waals surface area (Å²) in [5.41, 5.74) is 1.75. The van der Waals surface area contributed by atoms with Crippen molar-refractivity contribution < 1.29 is 15.0 Å². The number of likely N-dealkylation sites (tertiary alicyclic amines) is 1. The zero-order chi connectivity index (χ0) is 15.7. The number of hydrogen-bond acceptors (Lipinski definition) is 3. The Balaban J connectivity index is 0.000000677. The molecule has 0 amide bonds. The summed E-state index contributed by atoms with van der Waals surface area (Å²) < 4.78 is 0. The van der Waals surface area contributed by atoms with E-state index in [1.807, 2.05) is 0 Å². The van der Waals surface area contributed by atoms with Crippen molar-refractivity contribution in [2.75, 3.05) is 19.6 Å². The molecule has 0 aromatic rings. The highest BCUT2D eigenvalue weighted by Crippen LogP contribution is 2.44. The monoisotopic (exact) mass is 297 g/mol. The molecule has 1 spiro atoms. The van der Waals surface area contributed by atoms with Crippen molar-refractivity contribution in [2.45, 2.75) is 64.9 Å². The van der Waals surface area contributed by atoms with Gasteiger partial charge in [-0.25, -0.2) is 0 Å². The molecule has 0 bridgehead atoms. The molecule has 0 aromatic carbocycles. The van der Waals surface area contributed by atoms with Crippen molar-refractivity contribution in [3.8, 4) is 0 Å². The fraction of sp³-hybridized carbons (Fsp3) is 0.824. The predicted molar refractivity (Wildman–Crippen MR) is 85.3 cm³/mol. The summed E-state index contributed by atoms with van der Waals surface area (Å²) in [5.74, 6) is 0. The van der Waals surface area contributed by atoms with Gasteiger partial charge in [-0.15, -0.1) is 0 Å². The van der Waals surface area contributed by atoms with Gasteiger partial charge in [-0.3, -0.25) is 4.79 Å². The van der Waals surface area contributed by atoms with E-state index in [-0.39, 0.29) is 18.0 Å². The van der Waals surface area contributed by atoms with E-state index in [0.29, 0.717) is 0 Å². The first-order valence-electron chi connectivity index (χ1n) is 8.22. The Morgan fingerprint density at radius 1 is 1.38 bits per heavy atom. The maximum absolute atomic E-state index is 10.2. The molecule has 1 aliphatic heterocycles. The summed E-state index contributed by atoms with van der Waals surface area (Å²) >= 11 is 0. The molecule has 2 aliphatic rings. The number of aliphatic hydroxyl groups excluding tert-OH is 1. The normalized spacial score (nSPS) is 30.0. The van der Waals surface area contributed by atoms with E-state index < -0.39 is 0 Å². The summed E-state index contributed by atoms with van der Waals surface area (Å²) in [7, 11) is 0. The molecule has 0 radical (unpaired) electrons. The Labute approximate surface area is 128 Å². The molecule has 1 saturated carbocycles. The van der Waals surface area contributed by atoms with Crippen LogP contribution in [0.5, 0.6) is 0 Å². The van der Waals surface area contributed by atoms with E-state index in [4.69, 9.17) is 9.90 Å². The van der Waals surface area contributed by atoms with E-state index in [2.05, 4.69) is 24.8 Å². The number of nitrogens with zero attached hydrogens (tertiary/aromatic N) is 1. The first-order valence-corrected chi connectivity index (χ1v) is 8.22. The van der Waals surface area contributed by atoms with E-state index in [0.717, 1.165) is 13.0 Å². The fourth-order valence-corrected chi connectivity index (χ4v) is 3.68. The van der Waals surface area contributed by atoms with Gasteiger partial charge in [0.15, 0.2) is 0 Å². The molecule has 0 aromatic heterocycles. The summed E-state index contributed by atoms with van der Waals surface area (Å²) in [5, 5.41) is 17.1. The number of hydrogen-bond donors (Lipinski definition) is 2. The highest BCUT2D eigenvalue weighted by atomic mass is 16.3. The second-order valence-electron chi connectivity index (χ2n) is 6.45. The summed E-state index contributed by atoms with van der Waals surface area (Å²) in [6.07, 6.45) is 10.7. The molecule has 0 unspecified atom stereocenters. The quantitative estimate of drug-likeness (QED) is 0.618. The second-order valence-corrected chi connectivity index (χ2v) is 6.45. The lowest BCUT2D eigenvalue weighted by Crippen LogP contribution is -2.47. The van der Waals surface area contributed by atoms with Crippen molar-refractivity contribution in [2.24, 2.45) is 5.41 Å². The van der Waals surface area contributed by atoms with Crippen LogP contribution in [0.4, 0.5) is 0 Å². The van der Waals surface area contributed by atoms with Crippen LogP contribution < -0.4 is 0 Å². The predicted octanol–water partition coefficient (Wildman–Crippen LogP) is 3.06. The minimum atomic E-state index is -0.250. The first kappa shape index (κ1) is 18.2. The van der Waals surface area contributed by atoms with Crippen LogP contribution in [-0.4, -0.2) is 47.3 Å². The van der Waals surface area contributed by atoms with Crippen molar-refractivity contribution in [3.63, 3.8) is 0 Å². The maximum Gasteiger partial charge on any atom is 0.290 e. The Morgan fingerprint density at radius 3 is 2.62 bits per heavy atom. The largest absolute Gasteiger partial charge is 0.483 e. The fourth-order valence-electron chi connectivity index (χ4n) is 3.68. The van der Waals surface area contributed by atoms with Crippen LogP contribution in [-0.2, 0) is 4.79 Å². The third-order valence-corrected chi connectivity index (χ3v) is 5.04. The SMILES string of the molecule is CCC(C)=CCCN1CCC[C@]2(CCC[C@H]2O)C1.O=CO. The van der Waals surface area contributed by atoms with Crippen molar-refractivity contribution >= 4 is 6.47 Å². The van der Waals surface area contributed by atoms with E-state index >= 15 is 0 Å². The topological polar surface area (TPSA) is 60.8 Å². The molecule has 21 heavy (non-hydrogen) atoms. The molecular weight excluding hydrogens is 266 g/mol. The molecule has 4 heteroatoms. The van der Waals surface area contributed by atoms with Gasteiger partial charge in [0.1, 0.15) is 0 Å². The van der Waals surface area contributed by atoms with Crippen molar-refractivity contribution in [1.29, 1.82) is 0 Å². The molecule has 2 N–H and O–H groups in total. The molecule has 2 fully saturated rings. The van der Waals surface area contributed by atoms with Crippen LogP contribution in [0, 0.1) is 5.41 Å². The molecule has 1 aliphatic carbocycles. The third kappa shape index (κ3) is 5.44. The molecule has 2 atom stereocenters. The zero-order valence-corrected chi connectivity index (χ0v) is 13.6. The maximum atomic E-state index is 10.2. The van der Waals surface area contributed by atoms with Crippen molar-refractivity contribution in [3.05, 3.63) is 11.6 Å². The minimum Gasteiger partial charge on any atom is -0.483 e. The lowest BCUT2D eigenvalue weighted by atomic mass is 9.76. The highest BCUT2D eigenvalue weighted by Gasteiger charge is 2.44. The number of allylic oxidation sites excluding steroid dienone is 1. The number of piperidine rings is 1. The van der Waals surface area contributed by atoms with Gasteiger partial charge in [0.25, 0.3) is 6.47 Å². The minimum absolute atomic E-state index is 0.0341. The molecule has 1 saturated heterocycles. The van der Waals surface area contributed by atoms with Gasteiger partial charge in [0.2, 0.25) is 0 Å². The van der Waals surface area contributed by atoms with Crippen LogP contribution in [0.2, 0.25) is 0 Å². The Hall–Kier alpha value is -0.870. The number of carbonyl (C=O) groups is 1. The van der Waals surface area contributed by atoms with E-state index in [1.54, 1.807) is 0 Å². The Morgan fingerprint density at radius 2 is 2.05 bits per heavy atom. The smallest absolute Gasteiger partial charge is 0.290 e. The van der Waals surface area contributed by atoms with Gasteiger partial charge in [0, 0.05) is 18.5 Å². The van der Waals surface area contributed by atoms with Gasteiger partial charge in [-0.1, -0.05) is 25.0 Å². The molecule has 122 valence electrons. The van der Waals surface area contributed by atoms with Gasteiger partial charge >= 0.3 is 0 Å². The average Bonchev–Trinajstić information content (AvgIpc) is 2.80. The van der Waals surface area contributed by atoms with Gasteiger partial charge in [-0.05, 0) is 52.0 Å². The van der Waals surface area contributed by atoms with Crippen LogP contribution >= 0.6 is 0 Å². The van der Waals surface area contributed by atoms with Crippen LogP contribution in [0.25, 0.3) is 0 Å². The van der Waals surface area contributed by atoms with Crippen LogP contribution in [0.15, 0.2) is 11.6 Å². The van der Waals surface area contributed by atoms with E-state index in [1.165, 1.54) is 57.2 Å². The van der Waals surface area contributed by atoms with E-state index in [9.17, 15) is 5.11 Å². The Bertz CT molecular complexity index is 343. The lowest BCUT2D eigenvalue weighted by Gasteiger charge is -2.42. The summed E-state index contributed by atoms with van der Waals surface area (Å²) in [4.78, 5) is 10.9. The third-order valence-electron chi connectivity index (χ3n) is 5.04. The average molecular weight is 297 g/mol. The molecule has 1 heterocycles. The van der Waals surface area contributed by atoms with Crippen LogP contribution in [0.3, 0.4) is 0 Å². The number of rotatable bonds is 4. The number of carboxylic acid groups (broad SMARTS) is 1. The zero-order valence-electron chi connectivity index (χ0n) is 13.6. The number of aliphatic hydroxyl groups is 1. The van der Waals surface area contributed by atoms with Gasteiger partial charge in [0.05, 0.1) is 6.10 Å². The summed E-state index contributed by atoms with van der Waals surface area (Å²) in [6, 6.07) is 0.